The van der Waals surface area contributed by atoms with Crippen molar-refractivity contribution < 1.29 is 0 Å². The summed E-state index contributed by atoms with van der Waals surface area (Å²) in [6, 6.07) is 13.1. The molecule has 0 aliphatic heterocycles. The minimum Gasteiger partial charge on any atom is -0.290 e. The van der Waals surface area contributed by atoms with Gasteiger partial charge in [0.05, 0.1) is 14.1 Å². The zero-order valence-corrected chi connectivity index (χ0v) is 13.8. The monoisotopic (exact) mass is 281 g/mol. The van der Waals surface area contributed by atoms with Crippen molar-refractivity contribution in [1.82, 2.24) is 4.48 Å². The molecule has 0 aliphatic rings. The molecule has 0 amide bonds. The number of rotatable bonds is 4. The van der Waals surface area contributed by atoms with Crippen molar-refractivity contribution >= 4 is 18.1 Å². The Kier molecular flexibility index (Phi) is 4.29. The summed E-state index contributed by atoms with van der Waals surface area (Å²) in [6.45, 7) is 11.1. The predicted molar refractivity (Wildman–Crippen MR) is 93.7 cm³/mol. The van der Waals surface area contributed by atoms with E-state index in [1.54, 1.807) is 0 Å². The predicted octanol–water partition coefficient (Wildman–Crippen LogP) is 4.71. The van der Waals surface area contributed by atoms with Gasteiger partial charge in [-0.3, -0.25) is 9.48 Å². The van der Waals surface area contributed by atoms with Crippen LogP contribution in [0.2, 0.25) is 0 Å². The largest absolute Gasteiger partial charge is 0.290 e. The van der Waals surface area contributed by atoms with E-state index >= 15 is 0 Å². The van der Waals surface area contributed by atoms with Gasteiger partial charge in [0.2, 0.25) is 0 Å². The maximum Gasteiger partial charge on any atom is 0.158 e. The van der Waals surface area contributed by atoms with E-state index in [2.05, 4.69) is 83.0 Å². The fraction of sp³-hybridized carbons (Fsp3) is 0.316. The first-order valence-corrected chi connectivity index (χ1v) is 7.30. The van der Waals surface area contributed by atoms with Gasteiger partial charge < -0.3 is 0 Å². The van der Waals surface area contributed by atoms with Gasteiger partial charge in [-0.25, -0.2) is 0 Å². The Hall–Kier alpha value is -1.93. The zero-order chi connectivity index (χ0) is 15.6. The molecule has 21 heavy (non-hydrogen) atoms. The summed E-state index contributed by atoms with van der Waals surface area (Å²) in [5.41, 5.74) is 7.43. The second-order valence-electron chi connectivity index (χ2n) is 6.41. The number of hydrogen-bond acceptors (Lipinski definition) is 1. The molecule has 0 aliphatic carbocycles. The van der Waals surface area contributed by atoms with Crippen LogP contribution in [0.25, 0.3) is 0 Å². The summed E-state index contributed by atoms with van der Waals surface area (Å²) in [5, 5.41) is 0. The molecule has 0 saturated heterocycles. The highest BCUT2D eigenvalue weighted by atomic mass is 15.3. The van der Waals surface area contributed by atoms with Gasteiger partial charge in [-0.2, -0.15) is 0 Å². The minimum absolute atomic E-state index is 0.761. The van der Waals surface area contributed by atoms with Crippen molar-refractivity contribution in [3.05, 3.63) is 58.7 Å². The molecule has 0 spiro atoms. The van der Waals surface area contributed by atoms with Crippen LogP contribution in [0, 0.1) is 20.8 Å². The summed E-state index contributed by atoms with van der Waals surface area (Å²) in [4.78, 5) is 4.21. The van der Waals surface area contributed by atoms with Gasteiger partial charge in [-0.1, -0.05) is 24.3 Å². The topological polar surface area (TPSA) is 12.4 Å². The smallest absolute Gasteiger partial charge is 0.158 e. The summed E-state index contributed by atoms with van der Waals surface area (Å²) < 4.78 is 0.761. The lowest BCUT2D eigenvalue weighted by atomic mass is 10.0. The number of aryl methyl sites for hydroxylation is 3. The molecule has 0 bridgehead atoms. The second-order valence-corrected chi connectivity index (χ2v) is 6.41. The fourth-order valence-corrected chi connectivity index (χ4v) is 2.72. The standard InChI is InChI=1S/C19H25N2/c1-14-7-10-19(18(11-14)20-4)21(5,6)13-17-9-8-15(2)16(3)12-17/h7-12H,4,13H2,1-3,5-6H3/q+1. The average Bonchev–Trinajstić information content (AvgIpc) is 2.42. The van der Waals surface area contributed by atoms with E-state index in [0.717, 1.165) is 16.7 Å². The zero-order valence-electron chi connectivity index (χ0n) is 13.8. The van der Waals surface area contributed by atoms with E-state index in [1.165, 1.54) is 27.9 Å². The second kappa shape index (κ2) is 5.82. The van der Waals surface area contributed by atoms with E-state index in [0.29, 0.717) is 0 Å². The molecule has 2 nitrogen and oxygen atoms in total. The highest BCUT2D eigenvalue weighted by Crippen LogP contribution is 2.33. The van der Waals surface area contributed by atoms with Crippen molar-refractivity contribution in [3.8, 4) is 0 Å². The van der Waals surface area contributed by atoms with Crippen LogP contribution in [0.1, 0.15) is 22.3 Å². The third kappa shape index (κ3) is 3.40. The van der Waals surface area contributed by atoms with Gasteiger partial charge in [0.15, 0.2) is 5.69 Å². The van der Waals surface area contributed by atoms with Gasteiger partial charge in [0.25, 0.3) is 0 Å². The van der Waals surface area contributed by atoms with Crippen LogP contribution < -0.4 is 4.48 Å². The van der Waals surface area contributed by atoms with E-state index in [1.807, 2.05) is 0 Å². The highest BCUT2D eigenvalue weighted by molar-refractivity contribution is 5.67. The molecule has 0 unspecified atom stereocenters. The molecule has 2 aromatic carbocycles. The maximum atomic E-state index is 4.21. The molecule has 0 radical (unpaired) electrons. The van der Waals surface area contributed by atoms with Crippen LogP contribution in [0.4, 0.5) is 11.4 Å². The molecular formula is C19H25N2+. The third-order valence-electron chi connectivity index (χ3n) is 4.10. The molecule has 0 fully saturated rings. The Morgan fingerprint density at radius 2 is 1.67 bits per heavy atom. The quantitative estimate of drug-likeness (QED) is 0.568. The lowest BCUT2D eigenvalue weighted by molar-refractivity contribution is 0.392. The van der Waals surface area contributed by atoms with Crippen LogP contribution in [0.15, 0.2) is 41.4 Å². The van der Waals surface area contributed by atoms with E-state index in [-0.39, 0.29) is 0 Å². The highest BCUT2D eigenvalue weighted by Gasteiger charge is 2.23. The van der Waals surface area contributed by atoms with Crippen molar-refractivity contribution in [2.24, 2.45) is 4.99 Å². The first kappa shape index (κ1) is 15.5. The number of benzene rings is 2. The molecule has 2 rings (SSSR count). The van der Waals surface area contributed by atoms with Crippen molar-refractivity contribution in [3.63, 3.8) is 0 Å². The third-order valence-corrected chi connectivity index (χ3v) is 4.10. The number of nitrogens with zero attached hydrogens (tertiary/aromatic N) is 2. The molecule has 0 saturated carbocycles. The lowest BCUT2D eigenvalue weighted by Gasteiger charge is -2.30. The fourth-order valence-electron chi connectivity index (χ4n) is 2.72. The Morgan fingerprint density at radius 1 is 0.952 bits per heavy atom. The number of aliphatic imine (C=N–C) groups is 1. The van der Waals surface area contributed by atoms with Gasteiger partial charge in [-0.05, 0) is 50.2 Å². The van der Waals surface area contributed by atoms with Crippen LogP contribution in [0.5, 0.6) is 0 Å². The Morgan fingerprint density at radius 3 is 2.29 bits per heavy atom. The van der Waals surface area contributed by atoms with Crippen LogP contribution >= 0.6 is 0 Å². The SMILES string of the molecule is C=Nc1cc(C)ccc1[N+](C)(C)Cc1ccc(C)c(C)c1. The Bertz CT molecular complexity index is 669. The summed E-state index contributed by atoms with van der Waals surface area (Å²) in [5.74, 6) is 0. The molecule has 2 heteroatoms. The van der Waals surface area contributed by atoms with E-state index < -0.39 is 0 Å². The Labute approximate surface area is 128 Å². The van der Waals surface area contributed by atoms with E-state index in [4.69, 9.17) is 0 Å². The summed E-state index contributed by atoms with van der Waals surface area (Å²) in [7, 11) is 4.43. The minimum atomic E-state index is 0.761. The summed E-state index contributed by atoms with van der Waals surface area (Å²) in [6.07, 6.45) is 0. The van der Waals surface area contributed by atoms with Crippen LogP contribution in [-0.4, -0.2) is 20.8 Å². The first-order valence-electron chi connectivity index (χ1n) is 7.30. The number of hydrogen-bond donors (Lipinski definition) is 0. The van der Waals surface area contributed by atoms with Gasteiger partial charge in [0.1, 0.15) is 12.2 Å². The maximum absolute atomic E-state index is 4.21. The molecular weight excluding hydrogens is 256 g/mol. The van der Waals surface area contributed by atoms with Gasteiger partial charge >= 0.3 is 0 Å². The normalized spacial score (nSPS) is 11.5. The van der Waals surface area contributed by atoms with Crippen molar-refractivity contribution in [2.75, 3.05) is 14.1 Å². The molecule has 0 heterocycles. The number of quaternary nitrogens is 1. The van der Waals surface area contributed by atoms with Gasteiger partial charge in [-0.15, -0.1) is 0 Å². The van der Waals surface area contributed by atoms with E-state index in [9.17, 15) is 0 Å². The van der Waals surface area contributed by atoms with Crippen LogP contribution in [-0.2, 0) is 6.54 Å². The van der Waals surface area contributed by atoms with Crippen LogP contribution in [0.3, 0.4) is 0 Å². The van der Waals surface area contributed by atoms with Crippen molar-refractivity contribution in [1.29, 1.82) is 0 Å². The molecule has 2 aromatic rings. The Balaban J connectivity index is 2.37. The van der Waals surface area contributed by atoms with Gasteiger partial charge in [0, 0.05) is 11.6 Å². The summed E-state index contributed by atoms with van der Waals surface area (Å²) >= 11 is 0. The molecule has 0 N–H and O–H groups in total. The average molecular weight is 281 g/mol. The molecule has 0 aromatic heterocycles. The van der Waals surface area contributed by atoms with Crippen molar-refractivity contribution in [2.45, 2.75) is 27.3 Å². The first-order chi connectivity index (χ1) is 9.83. The lowest BCUT2D eigenvalue weighted by Crippen LogP contribution is -2.39. The molecule has 110 valence electrons. The molecule has 0 atom stereocenters.